The number of hydrogen-bond donors (Lipinski definition) is 3. The number of nitrogens with one attached hydrogen (secondary N) is 2. The topological polar surface area (TPSA) is 143 Å². The first-order valence-electron chi connectivity index (χ1n) is 8.79. The van der Waals surface area contributed by atoms with Gasteiger partial charge in [-0.25, -0.2) is 4.98 Å². The molecular weight excluding hydrogens is 360 g/mol. The van der Waals surface area contributed by atoms with Crippen LogP contribution < -0.4 is 21.9 Å². The number of aryl methyl sites for hydroxylation is 1. The second-order valence-electron chi connectivity index (χ2n) is 6.71. The predicted octanol–water partition coefficient (Wildman–Crippen LogP) is -0.0751. The van der Waals surface area contributed by atoms with Gasteiger partial charge in [-0.3, -0.25) is 19.0 Å². The van der Waals surface area contributed by atoms with E-state index in [0.717, 1.165) is 0 Å². The molecule has 0 aliphatic carbocycles. The van der Waals surface area contributed by atoms with Gasteiger partial charge in [0.1, 0.15) is 12.4 Å². The van der Waals surface area contributed by atoms with Gasteiger partial charge in [-0.2, -0.15) is 5.26 Å². The smallest absolute Gasteiger partial charge is 0.254 e. The van der Waals surface area contributed by atoms with Crippen LogP contribution in [0.5, 0.6) is 0 Å². The summed E-state index contributed by atoms with van der Waals surface area (Å²) in [6.45, 7) is 2.39. The Morgan fingerprint density at radius 3 is 2.82 bits per heavy atom. The number of nitrogen functional groups attached to an aromatic ring is 1. The molecule has 9 heteroatoms. The minimum Gasteiger partial charge on any atom is -0.398 e. The molecule has 144 valence electrons. The van der Waals surface area contributed by atoms with Gasteiger partial charge in [0, 0.05) is 42.7 Å². The molecule has 0 spiro atoms. The van der Waals surface area contributed by atoms with Gasteiger partial charge in [0.05, 0.1) is 17.3 Å². The molecule has 1 aliphatic rings. The van der Waals surface area contributed by atoms with E-state index in [1.54, 1.807) is 19.1 Å². The molecule has 9 nitrogen and oxygen atoms in total. The Balaban J connectivity index is 1.73. The Labute approximate surface area is 161 Å². The highest BCUT2D eigenvalue weighted by atomic mass is 16.2. The van der Waals surface area contributed by atoms with E-state index in [2.05, 4.69) is 15.6 Å². The summed E-state index contributed by atoms with van der Waals surface area (Å²) in [6, 6.07) is 8.08. The minimum atomic E-state index is -0.376. The van der Waals surface area contributed by atoms with Crippen LogP contribution in [0.3, 0.4) is 0 Å². The van der Waals surface area contributed by atoms with Crippen LogP contribution in [0.1, 0.15) is 17.8 Å². The van der Waals surface area contributed by atoms with E-state index in [0.29, 0.717) is 47.8 Å². The fourth-order valence-electron chi connectivity index (χ4n) is 3.08. The monoisotopic (exact) mass is 380 g/mol. The molecule has 0 saturated carbocycles. The summed E-state index contributed by atoms with van der Waals surface area (Å²) in [7, 11) is 0. The Kier molecular flexibility index (Phi) is 5.40. The highest BCUT2D eigenvalue weighted by molar-refractivity contribution is 5.79. The molecule has 1 atom stereocenters. The Morgan fingerprint density at radius 2 is 2.21 bits per heavy atom. The van der Waals surface area contributed by atoms with Crippen molar-refractivity contribution in [2.24, 2.45) is 5.92 Å². The summed E-state index contributed by atoms with van der Waals surface area (Å²) in [5.74, 6) is 0.0958. The lowest BCUT2D eigenvalue weighted by atomic mass is 10.1. The quantitative estimate of drug-likeness (QED) is 0.619. The molecule has 0 bridgehead atoms. The fraction of sp³-hybridized carbons (Fsp3) is 0.316. The van der Waals surface area contributed by atoms with Gasteiger partial charge in [-0.15, -0.1) is 0 Å². The summed E-state index contributed by atoms with van der Waals surface area (Å²) < 4.78 is 1.27. The average Bonchev–Trinajstić information content (AvgIpc) is 3.08. The van der Waals surface area contributed by atoms with Crippen molar-refractivity contribution in [2.45, 2.75) is 19.9 Å². The van der Waals surface area contributed by atoms with Crippen LogP contribution in [-0.2, 0) is 16.1 Å². The SMILES string of the molecule is Cc1nc(-c2ccc(C#N)cc2N)cc(=O)n1CC(=O)NCC1CNC(=O)C1. The number of aromatic nitrogens is 2. The van der Waals surface area contributed by atoms with E-state index in [-0.39, 0.29) is 29.8 Å². The molecular formula is C19H20N6O3. The second kappa shape index (κ2) is 7.92. The number of rotatable bonds is 5. The number of anilines is 1. The first-order valence-corrected chi connectivity index (χ1v) is 8.79. The van der Waals surface area contributed by atoms with Gasteiger partial charge in [0.2, 0.25) is 11.8 Å². The molecule has 0 radical (unpaired) electrons. The van der Waals surface area contributed by atoms with E-state index in [1.807, 2.05) is 6.07 Å². The molecule has 28 heavy (non-hydrogen) atoms. The fourth-order valence-corrected chi connectivity index (χ4v) is 3.08. The first kappa shape index (κ1) is 19.1. The summed E-state index contributed by atoms with van der Waals surface area (Å²) in [5.41, 5.74) is 7.29. The maximum Gasteiger partial charge on any atom is 0.254 e. The lowest BCUT2D eigenvalue weighted by Crippen LogP contribution is -2.36. The first-order chi connectivity index (χ1) is 13.4. The van der Waals surface area contributed by atoms with E-state index in [1.165, 1.54) is 16.7 Å². The van der Waals surface area contributed by atoms with Crippen molar-refractivity contribution < 1.29 is 9.59 Å². The van der Waals surface area contributed by atoms with Gasteiger partial charge in [0.25, 0.3) is 5.56 Å². The molecule has 1 aromatic heterocycles. The Hall–Kier alpha value is -3.67. The summed E-state index contributed by atoms with van der Waals surface area (Å²) in [4.78, 5) is 40.3. The Morgan fingerprint density at radius 1 is 1.43 bits per heavy atom. The summed E-state index contributed by atoms with van der Waals surface area (Å²) in [6.07, 6.45) is 0.390. The lowest BCUT2D eigenvalue weighted by molar-refractivity contribution is -0.122. The van der Waals surface area contributed by atoms with Crippen LogP contribution in [0.2, 0.25) is 0 Å². The van der Waals surface area contributed by atoms with Gasteiger partial charge in [0.15, 0.2) is 0 Å². The molecule has 3 rings (SSSR count). The molecule has 2 heterocycles. The molecule has 2 amide bonds. The highest BCUT2D eigenvalue weighted by Crippen LogP contribution is 2.24. The van der Waals surface area contributed by atoms with Crippen LogP contribution in [0, 0.1) is 24.2 Å². The van der Waals surface area contributed by atoms with Crippen LogP contribution in [-0.4, -0.2) is 34.5 Å². The lowest BCUT2D eigenvalue weighted by Gasteiger charge is -2.13. The van der Waals surface area contributed by atoms with Crippen LogP contribution in [0.25, 0.3) is 11.3 Å². The minimum absolute atomic E-state index is 0.0202. The number of carbonyl (C=O) groups is 2. The van der Waals surface area contributed by atoms with Crippen LogP contribution in [0.4, 0.5) is 5.69 Å². The van der Waals surface area contributed by atoms with Crippen molar-refractivity contribution in [3.8, 4) is 17.3 Å². The van der Waals surface area contributed by atoms with Crippen molar-refractivity contribution in [1.82, 2.24) is 20.2 Å². The number of benzene rings is 1. The molecule has 2 aromatic rings. The van der Waals surface area contributed by atoms with E-state index >= 15 is 0 Å². The molecule has 1 aliphatic heterocycles. The van der Waals surface area contributed by atoms with E-state index in [4.69, 9.17) is 11.0 Å². The zero-order chi connectivity index (χ0) is 20.3. The average molecular weight is 380 g/mol. The Bertz CT molecular complexity index is 1040. The molecule has 1 unspecified atom stereocenters. The van der Waals surface area contributed by atoms with Crippen molar-refractivity contribution in [3.63, 3.8) is 0 Å². The van der Waals surface area contributed by atoms with Gasteiger partial charge in [-0.05, 0) is 25.1 Å². The normalized spacial score (nSPS) is 15.7. The number of hydrogen-bond acceptors (Lipinski definition) is 6. The third-order valence-corrected chi connectivity index (χ3v) is 4.61. The zero-order valence-corrected chi connectivity index (χ0v) is 15.4. The molecule has 1 saturated heterocycles. The standard InChI is InChI=1S/C19H20N6O3/c1-11-24-16(14-3-2-12(7-20)4-15(14)21)6-19(28)25(11)10-18(27)23-9-13-5-17(26)22-8-13/h2-4,6,13H,5,8-10,21H2,1H3,(H,22,26)(H,23,27). The molecule has 4 N–H and O–H groups in total. The third kappa shape index (κ3) is 4.17. The van der Waals surface area contributed by atoms with E-state index < -0.39 is 0 Å². The number of amides is 2. The largest absolute Gasteiger partial charge is 0.398 e. The molecule has 1 aromatic carbocycles. The third-order valence-electron chi connectivity index (χ3n) is 4.61. The van der Waals surface area contributed by atoms with Crippen molar-refractivity contribution in [1.29, 1.82) is 5.26 Å². The second-order valence-corrected chi connectivity index (χ2v) is 6.71. The van der Waals surface area contributed by atoms with E-state index in [9.17, 15) is 14.4 Å². The molecule has 1 fully saturated rings. The summed E-state index contributed by atoms with van der Waals surface area (Å²) >= 11 is 0. The van der Waals surface area contributed by atoms with Crippen molar-refractivity contribution >= 4 is 17.5 Å². The number of nitriles is 1. The number of nitrogens with two attached hydrogens (primary N) is 1. The van der Waals surface area contributed by atoms with Gasteiger partial charge >= 0.3 is 0 Å². The van der Waals surface area contributed by atoms with Gasteiger partial charge < -0.3 is 16.4 Å². The highest BCUT2D eigenvalue weighted by Gasteiger charge is 2.22. The predicted molar refractivity (Wildman–Crippen MR) is 102 cm³/mol. The van der Waals surface area contributed by atoms with Crippen LogP contribution >= 0.6 is 0 Å². The number of carbonyl (C=O) groups excluding carboxylic acids is 2. The van der Waals surface area contributed by atoms with Crippen molar-refractivity contribution in [2.75, 3.05) is 18.8 Å². The van der Waals surface area contributed by atoms with Crippen molar-refractivity contribution in [3.05, 3.63) is 46.0 Å². The van der Waals surface area contributed by atoms with Gasteiger partial charge in [-0.1, -0.05) is 0 Å². The maximum atomic E-state index is 12.5. The number of nitrogens with zero attached hydrogens (tertiary/aromatic N) is 3. The summed E-state index contributed by atoms with van der Waals surface area (Å²) in [5, 5.41) is 14.4. The maximum absolute atomic E-state index is 12.5. The zero-order valence-electron chi connectivity index (χ0n) is 15.4. The van der Waals surface area contributed by atoms with Crippen LogP contribution in [0.15, 0.2) is 29.1 Å².